The van der Waals surface area contributed by atoms with Crippen LogP contribution < -0.4 is 11.1 Å². The van der Waals surface area contributed by atoms with Crippen molar-refractivity contribution in [2.75, 3.05) is 13.1 Å². The van der Waals surface area contributed by atoms with E-state index >= 15 is 0 Å². The van der Waals surface area contributed by atoms with Crippen LogP contribution in [0.1, 0.15) is 48.3 Å². The molecule has 1 atom stereocenters. The number of rotatable bonds is 3. The first-order valence-electron chi connectivity index (χ1n) is 7.55. The number of hydrogen-bond donors (Lipinski definition) is 2. The molecular formula is C17H22N2O. The van der Waals surface area contributed by atoms with Crippen molar-refractivity contribution in [2.45, 2.75) is 38.0 Å². The fourth-order valence-electron chi connectivity index (χ4n) is 3.45. The van der Waals surface area contributed by atoms with E-state index in [1.807, 2.05) is 0 Å². The largest absolute Gasteiger partial charge is 0.370 e. The van der Waals surface area contributed by atoms with Crippen LogP contribution in [0.4, 0.5) is 0 Å². The highest BCUT2D eigenvalue weighted by Gasteiger charge is 2.22. The quantitative estimate of drug-likeness (QED) is 0.886. The molecule has 3 N–H and O–H groups in total. The minimum atomic E-state index is -0.187. The van der Waals surface area contributed by atoms with Gasteiger partial charge in [0.1, 0.15) is 0 Å². The van der Waals surface area contributed by atoms with Crippen molar-refractivity contribution in [2.24, 2.45) is 5.73 Å². The maximum Gasteiger partial charge on any atom is 0.218 e. The van der Waals surface area contributed by atoms with Gasteiger partial charge < -0.3 is 11.1 Å². The summed E-state index contributed by atoms with van der Waals surface area (Å²) in [4.78, 5) is 11.2. The Bertz CT molecular complexity index is 548. The second kappa shape index (κ2) is 5.80. The van der Waals surface area contributed by atoms with Gasteiger partial charge in [0.15, 0.2) is 0 Å². The molecule has 0 fully saturated rings. The molecule has 0 aromatic heterocycles. The normalized spacial score (nSPS) is 22.0. The number of fused-ring (bicyclic) bond motifs is 1. The molecule has 0 bridgehead atoms. The highest BCUT2D eigenvalue weighted by Crippen LogP contribution is 2.35. The lowest BCUT2D eigenvalue weighted by Gasteiger charge is -2.26. The van der Waals surface area contributed by atoms with Crippen molar-refractivity contribution in [3.63, 3.8) is 0 Å². The van der Waals surface area contributed by atoms with Gasteiger partial charge in [-0.15, -0.1) is 0 Å². The smallest absolute Gasteiger partial charge is 0.218 e. The molecule has 106 valence electrons. The molecule has 0 spiro atoms. The molecule has 3 rings (SSSR count). The Hall–Kier alpha value is -1.61. The second-order valence-corrected chi connectivity index (χ2v) is 5.86. The molecule has 20 heavy (non-hydrogen) atoms. The maximum absolute atomic E-state index is 11.2. The summed E-state index contributed by atoms with van der Waals surface area (Å²) in [6.45, 7) is 2.03. The van der Waals surface area contributed by atoms with Gasteiger partial charge in [-0.2, -0.15) is 0 Å². The zero-order valence-corrected chi connectivity index (χ0v) is 11.8. The summed E-state index contributed by atoms with van der Waals surface area (Å²) in [5, 5.41) is 3.35. The van der Waals surface area contributed by atoms with E-state index in [-0.39, 0.29) is 5.91 Å². The number of nitrogens with two attached hydrogens (primary N) is 1. The molecule has 1 aliphatic heterocycles. The predicted molar refractivity (Wildman–Crippen MR) is 81.4 cm³/mol. The third kappa shape index (κ3) is 2.78. The summed E-state index contributed by atoms with van der Waals surface area (Å²) in [6, 6.07) is 6.77. The number of primary amides is 1. The molecule has 0 unspecified atom stereocenters. The number of aryl methyl sites for hydroxylation is 1. The summed E-state index contributed by atoms with van der Waals surface area (Å²) < 4.78 is 0. The maximum atomic E-state index is 11.2. The molecule has 0 saturated heterocycles. The molecule has 3 heteroatoms. The summed E-state index contributed by atoms with van der Waals surface area (Å²) >= 11 is 0. The summed E-state index contributed by atoms with van der Waals surface area (Å²) in [5.41, 5.74) is 10.9. The van der Waals surface area contributed by atoms with Gasteiger partial charge in [-0.3, -0.25) is 4.79 Å². The summed E-state index contributed by atoms with van der Waals surface area (Å²) in [5.74, 6) is 0.139. The number of benzene rings is 1. The minimum Gasteiger partial charge on any atom is -0.370 e. The van der Waals surface area contributed by atoms with Crippen LogP contribution in [0.5, 0.6) is 0 Å². The van der Waals surface area contributed by atoms with E-state index in [2.05, 4.69) is 29.6 Å². The van der Waals surface area contributed by atoms with Crippen molar-refractivity contribution in [3.8, 4) is 0 Å². The first-order chi connectivity index (χ1) is 9.74. The third-order valence-corrected chi connectivity index (χ3v) is 4.46. The first kappa shape index (κ1) is 13.4. The first-order valence-corrected chi connectivity index (χ1v) is 7.55. The van der Waals surface area contributed by atoms with Crippen LogP contribution in [0.15, 0.2) is 24.3 Å². The van der Waals surface area contributed by atoms with Gasteiger partial charge in [-0.1, -0.05) is 24.3 Å². The van der Waals surface area contributed by atoms with E-state index in [0.29, 0.717) is 12.3 Å². The molecule has 1 aromatic rings. The Morgan fingerprint density at radius 3 is 3.00 bits per heavy atom. The molecule has 0 radical (unpaired) electrons. The SMILES string of the molecule is NC(=O)C[C@H]1CCCc2cc(C3=CCNCC3)ccc21. The van der Waals surface area contributed by atoms with Crippen LogP contribution in [0.3, 0.4) is 0 Å². The van der Waals surface area contributed by atoms with Crippen LogP contribution >= 0.6 is 0 Å². The summed E-state index contributed by atoms with van der Waals surface area (Å²) in [6.07, 6.45) is 7.25. The van der Waals surface area contributed by atoms with Gasteiger partial charge in [0.2, 0.25) is 5.91 Å². The molecule has 2 aliphatic rings. The highest BCUT2D eigenvalue weighted by atomic mass is 16.1. The van der Waals surface area contributed by atoms with Gasteiger partial charge in [-0.05, 0) is 60.4 Å². The number of carbonyl (C=O) groups is 1. The molecule has 1 heterocycles. The fourth-order valence-corrected chi connectivity index (χ4v) is 3.45. The molecule has 1 aliphatic carbocycles. The molecule has 1 aromatic carbocycles. The zero-order chi connectivity index (χ0) is 13.9. The van der Waals surface area contributed by atoms with Crippen LogP contribution in [0, 0.1) is 0 Å². The van der Waals surface area contributed by atoms with Crippen LogP contribution in [0.2, 0.25) is 0 Å². The zero-order valence-electron chi connectivity index (χ0n) is 11.8. The lowest BCUT2D eigenvalue weighted by atomic mass is 9.79. The van der Waals surface area contributed by atoms with Crippen LogP contribution in [0.25, 0.3) is 5.57 Å². The fraction of sp³-hybridized carbons (Fsp3) is 0.471. The number of carbonyl (C=O) groups excluding carboxylic acids is 1. The number of amides is 1. The average molecular weight is 270 g/mol. The van der Waals surface area contributed by atoms with E-state index in [0.717, 1.165) is 38.8 Å². The lowest BCUT2D eigenvalue weighted by Crippen LogP contribution is -2.20. The molecule has 3 nitrogen and oxygen atoms in total. The van der Waals surface area contributed by atoms with Crippen molar-refractivity contribution in [1.29, 1.82) is 0 Å². The highest BCUT2D eigenvalue weighted by molar-refractivity contribution is 5.75. The van der Waals surface area contributed by atoms with E-state index in [4.69, 9.17) is 5.73 Å². The van der Waals surface area contributed by atoms with Gasteiger partial charge >= 0.3 is 0 Å². The monoisotopic (exact) mass is 270 g/mol. The minimum absolute atomic E-state index is 0.187. The van der Waals surface area contributed by atoms with E-state index in [9.17, 15) is 4.79 Å². The third-order valence-electron chi connectivity index (χ3n) is 4.46. The lowest BCUT2D eigenvalue weighted by molar-refractivity contribution is -0.118. The Labute approximate surface area is 120 Å². The summed E-state index contributed by atoms with van der Waals surface area (Å²) in [7, 11) is 0. The molecule has 1 amide bonds. The van der Waals surface area contributed by atoms with Crippen molar-refractivity contribution >= 4 is 11.5 Å². The Balaban J connectivity index is 1.88. The van der Waals surface area contributed by atoms with E-state index in [1.165, 1.54) is 22.3 Å². The van der Waals surface area contributed by atoms with Gasteiger partial charge in [0, 0.05) is 13.0 Å². The van der Waals surface area contributed by atoms with E-state index in [1.54, 1.807) is 0 Å². The Kier molecular flexibility index (Phi) is 3.88. The Morgan fingerprint density at radius 1 is 1.35 bits per heavy atom. The topological polar surface area (TPSA) is 55.1 Å². The standard InChI is InChI=1S/C17H22N2O/c18-17(20)11-15-3-1-2-14-10-13(4-5-16(14)15)12-6-8-19-9-7-12/h4-6,10,15,19H,1-3,7-9,11H2,(H2,18,20)/t15-/m1/s1. The van der Waals surface area contributed by atoms with Crippen molar-refractivity contribution in [3.05, 3.63) is 41.0 Å². The number of nitrogens with one attached hydrogen (secondary N) is 1. The molecule has 0 saturated carbocycles. The van der Waals surface area contributed by atoms with Crippen LogP contribution in [-0.2, 0) is 11.2 Å². The van der Waals surface area contributed by atoms with E-state index < -0.39 is 0 Å². The second-order valence-electron chi connectivity index (χ2n) is 5.86. The van der Waals surface area contributed by atoms with Crippen LogP contribution in [-0.4, -0.2) is 19.0 Å². The van der Waals surface area contributed by atoms with Gasteiger partial charge in [0.05, 0.1) is 0 Å². The van der Waals surface area contributed by atoms with Gasteiger partial charge in [-0.25, -0.2) is 0 Å². The number of hydrogen-bond acceptors (Lipinski definition) is 2. The van der Waals surface area contributed by atoms with Crippen molar-refractivity contribution < 1.29 is 4.79 Å². The van der Waals surface area contributed by atoms with Gasteiger partial charge in [0.25, 0.3) is 0 Å². The molecular weight excluding hydrogens is 248 g/mol. The Morgan fingerprint density at radius 2 is 2.25 bits per heavy atom. The van der Waals surface area contributed by atoms with Crippen molar-refractivity contribution in [1.82, 2.24) is 5.32 Å². The average Bonchev–Trinajstić information content (AvgIpc) is 2.47. The predicted octanol–water partition coefficient (Wildman–Crippen LogP) is 2.36.